The van der Waals surface area contributed by atoms with Gasteiger partial charge in [-0.15, -0.1) is 0 Å². The first-order valence-corrected chi connectivity index (χ1v) is 10.3. The molecule has 1 aromatic heterocycles. The number of H-pyrrole nitrogens is 1. The predicted molar refractivity (Wildman–Crippen MR) is 119 cm³/mol. The average molecular weight is 442 g/mol. The van der Waals surface area contributed by atoms with E-state index >= 15 is 0 Å². The standard InChI is InChI=1S/C23H24F2N4O3/c1-14-12-28(7-8-29(14)17-10-18(24)23(32-2)19(25)11-17)13-22(31)26-16-4-5-20-15(9-16)3-6-21(30)27-20/h3-6,9-11,14H,7-8,12-13H2,1-2H3,(H,26,31)(H,27,30)/t14-/m1/s1. The molecule has 0 spiro atoms. The number of carbonyl (C=O) groups excluding carboxylic acids is 1. The Labute approximate surface area is 183 Å². The molecule has 0 aliphatic carbocycles. The normalized spacial score (nSPS) is 16.9. The second kappa shape index (κ2) is 8.96. The summed E-state index contributed by atoms with van der Waals surface area (Å²) in [5.41, 5.74) is 1.62. The van der Waals surface area contributed by atoms with Crippen LogP contribution in [-0.4, -0.2) is 55.1 Å². The number of amides is 1. The molecule has 2 aromatic carbocycles. The second-order valence-electron chi connectivity index (χ2n) is 7.89. The fourth-order valence-corrected chi connectivity index (χ4v) is 4.10. The number of methoxy groups -OCH3 is 1. The molecule has 168 valence electrons. The molecule has 1 aliphatic heterocycles. The fraction of sp³-hybridized carbons (Fsp3) is 0.304. The van der Waals surface area contributed by atoms with Crippen LogP contribution in [-0.2, 0) is 4.79 Å². The molecule has 1 atom stereocenters. The maximum atomic E-state index is 14.1. The molecule has 1 amide bonds. The SMILES string of the molecule is COc1c(F)cc(N2CCN(CC(=O)Nc3ccc4[nH]c(=O)ccc4c3)C[C@H]2C)cc1F. The number of aromatic nitrogens is 1. The van der Waals surface area contributed by atoms with Crippen molar-refractivity contribution >= 4 is 28.2 Å². The number of benzene rings is 2. The van der Waals surface area contributed by atoms with Crippen LogP contribution in [0.25, 0.3) is 10.9 Å². The van der Waals surface area contributed by atoms with Crippen LogP contribution in [0, 0.1) is 11.6 Å². The van der Waals surface area contributed by atoms with Gasteiger partial charge in [-0.05, 0) is 31.2 Å². The Kier molecular flexibility index (Phi) is 6.09. The van der Waals surface area contributed by atoms with Crippen LogP contribution < -0.4 is 20.5 Å². The van der Waals surface area contributed by atoms with E-state index < -0.39 is 17.4 Å². The highest BCUT2D eigenvalue weighted by molar-refractivity contribution is 5.94. The molecule has 2 heterocycles. The minimum absolute atomic E-state index is 0.0405. The third-order valence-corrected chi connectivity index (χ3v) is 5.61. The summed E-state index contributed by atoms with van der Waals surface area (Å²) in [6, 6.07) is 10.9. The number of fused-ring (bicyclic) bond motifs is 1. The molecule has 2 N–H and O–H groups in total. The van der Waals surface area contributed by atoms with Crippen LogP contribution in [0.5, 0.6) is 5.75 Å². The van der Waals surface area contributed by atoms with Gasteiger partial charge in [-0.1, -0.05) is 0 Å². The first kappa shape index (κ1) is 21.8. The zero-order valence-electron chi connectivity index (χ0n) is 17.8. The maximum absolute atomic E-state index is 14.1. The molecule has 4 rings (SSSR count). The summed E-state index contributed by atoms with van der Waals surface area (Å²) in [7, 11) is 1.23. The quantitative estimate of drug-likeness (QED) is 0.635. The van der Waals surface area contributed by atoms with E-state index in [0.717, 1.165) is 5.39 Å². The molecular formula is C23H24F2N4O3. The minimum Gasteiger partial charge on any atom is -0.491 e. The number of piperazine rings is 1. The lowest BCUT2D eigenvalue weighted by molar-refractivity contribution is -0.117. The summed E-state index contributed by atoms with van der Waals surface area (Å²) in [4.78, 5) is 30.6. The van der Waals surface area contributed by atoms with Crippen LogP contribution in [0.3, 0.4) is 0 Å². The smallest absolute Gasteiger partial charge is 0.248 e. The Hall–Kier alpha value is -3.46. The molecule has 1 fully saturated rings. The fourth-order valence-electron chi connectivity index (χ4n) is 4.10. The summed E-state index contributed by atoms with van der Waals surface area (Å²) in [6.45, 7) is 3.83. The summed E-state index contributed by atoms with van der Waals surface area (Å²) < 4.78 is 32.9. The number of nitrogens with one attached hydrogen (secondary N) is 2. The van der Waals surface area contributed by atoms with Gasteiger partial charge in [0.1, 0.15) is 0 Å². The van der Waals surface area contributed by atoms with Crippen LogP contribution >= 0.6 is 0 Å². The highest BCUT2D eigenvalue weighted by Crippen LogP contribution is 2.29. The summed E-state index contributed by atoms with van der Waals surface area (Å²) in [5.74, 6) is -2.03. The number of carbonyl (C=O) groups is 1. The second-order valence-corrected chi connectivity index (χ2v) is 7.89. The first-order valence-electron chi connectivity index (χ1n) is 10.3. The van der Waals surface area contributed by atoms with E-state index in [1.807, 2.05) is 16.7 Å². The van der Waals surface area contributed by atoms with Crippen LogP contribution in [0.4, 0.5) is 20.2 Å². The number of ether oxygens (including phenoxy) is 1. The largest absolute Gasteiger partial charge is 0.491 e. The summed E-state index contributed by atoms with van der Waals surface area (Å²) in [6.07, 6.45) is 0. The van der Waals surface area contributed by atoms with Crippen molar-refractivity contribution in [2.75, 3.05) is 43.5 Å². The molecule has 0 radical (unpaired) electrons. The zero-order valence-corrected chi connectivity index (χ0v) is 17.8. The van der Waals surface area contributed by atoms with E-state index in [2.05, 4.69) is 10.3 Å². The predicted octanol–water partition coefficient (Wildman–Crippen LogP) is 2.96. The van der Waals surface area contributed by atoms with E-state index in [1.54, 1.807) is 24.3 Å². The lowest BCUT2D eigenvalue weighted by Crippen LogP contribution is -2.53. The third kappa shape index (κ3) is 4.57. The Bertz CT molecular complexity index is 1190. The van der Waals surface area contributed by atoms with E-state index in [9.17, 15) is 18.4 Å². The van der Waals surface area contributed by atoms with Gasteiger partial charge >= 0.3 is 0 Å². The Morgan fingerprint density at radius 1 is 1.16 bits per heavy atom. The van der Waals surface area contributed by atoms with Crippen LogP contribution in [0.15, 0.2) is 47.3 Å². The highest BCUT2D eigenvalue weighted by Gasteiger charge is 2.26. The molecule has 0 unspecified atom stereocenters. The van der Waals surface area contributed by atoms with Crippen LogP contribution in [0.2, 0.25) is 0 Å². The molecule has 3 aromatic rings. The van der Waals surface area contributed by atoms with Gasteiger partial charge in [0, 0.05) is 66.2 Å². The van der Waals surface area contributed by atoms with Crippen molar-refractivity contribution in [3.05, 3.63) is 64.5 Å². The Morgan fingerprint density at radius 2 is 1.91 bits per heavy atom. The lowest BCUT2D eigenvalue weighted by atomic mass is 10.1. The van der Waals surface area contributed by atoms with Gasteiger partial charge in [0.25, 0.3) is 0 Å². The number of anilines is 2. The van der Waals surface area contributed by atoms with Gasteiger partial charge in [-0.2, -0.15) is 0 Å². The van der Waals surface area contributed by atoms with Crippen molar-refractivity contribution in [3.63, 3.8) is 0 Å². The number of hydrogen-bond acceptors (Lipinski definition) is 5. The van der Waals surface area contributed by atoms with Crippen molar-refractivity contribution in [3.8, 4) is 5.75 Å². The topological polar surface area (TPSA) is 77.7 Å². The van der Waals surface area contributed by atoms with Crippen molar-refractivity contribution in [1.29, 1.82) is 0 Å². The summed E-state index contributed by atoms with van der Waals surface area (Å²) >= 11 is 0. The highest BCUT2D eigenvalue weighted by atomic mass is 19.1. The number of hydrogen-bond donors (Lipinski definition) is 2. The third-order valence-electron chi connectivity index (χ3n) is 5.61. The van der Waals surface area contributed by atoms with Crippen LogP contribution in [0.1, 0.15) is 6.92 Å². The van der Waals surface area contributed by atoms with E-state index in [-0.39, 0.29) is 24.1 Å². The molecule has 0 bridgehead atoms. The lowest BCUT2D eigenvalue weighted by Gasteiger charge is -2.41. The summed E-state index contributed by atoms with van der Waals surface area (Å²) in [5, 5.41) is 3.70. The van der Waals surface area contributed by atoms with E-state index in [1.165, 1.54) is 25.3 Å². The number of pyridine rings is 1. The minimum atomic E-state index is -0.740. The molecular weight excluding hydrogens is 418 g/mol. The average Bonchev–Trinajstić information content (AvgIpc) is 2.73. The monoisotopic (exact) mass is 442 g/mol. The molecule has 0 saturated carbocycles. The number of halogens is 2. The number of nitrogens with zero attached hydrogens (tertiary/aromatic N) is 2. The zero-order chi connectivity index (χ0) is 22.8. The Morgan fingerprint density at radius 3 is 2.59 bits per heavy atom. The van der Waals surface area contributed by atoms with Crippen molar-refractivity contribution in [2.45, 2.75) is 13.0 Å². The molecule has 1 aliphatic rings. The van der Waals surface area contributed by atoms with Gasteiger partial charge in [0.05, 0.1) is 13.7 Å². The van der Waals surface area contributed by atoms with E-state index in [4.69, 9.17) is 4.74 Å². The molecule has 9 heteroatoms. The van der Waals surface area contributed by atoms with Gasteiger partial charge < -0.3 is 19.9 Å². The van der Waals surface area contributed by atoms with Crippen molar-refractivity contribution in [1.82, 2.24) is 9.88 Å². The molecule has 7 nitrogen and oxygen atoms in total. The van der Waals surface area contributed by atoms with E-state index in [0.29, 0.717) is 36.5 Å². The van der Waals surface area contributed by atoms with Gasteiger partial charge in [0.15, 0.2) is 17.4 Å². The first-order chi connectivity index (χ1) is 15.3. The van der Waals surface area contributed by atoms with Crippen molar-refractivity contribution < 1.29 is 18.3 Å². The van der Waals surface area contributed by atoms with Gasteiger partial charge in [-0.3, -0.25) is 14.5 Å². The van der Waals surface area contributed by atoms with Crippen molar-refractivity contribution in [2.24, 2.45) is 0 Å². The molecule has 32 heavy (non-hydrogen) atoms. The Balaban J connectivity index is 1.37. The molecule has 1 saturated heterocycles. The maximum Gasteiger partial charge on any atom is 0.248 e. The number of rotatable bonds is 5. The number of aromatic amines is 1. The van der Waals surface area contributed by atoms with Gasteiger partial charge in [0.2, 0.25) is 11.5 Å². The van der Waals surface area contributed by atoms with Gasteiger partial charge in [-0.25, -0.2) is 8.78 Å².